The van der Waals surface area contributed by atoms with Crippen LogP contribution in [0, 0.1) is 11.6 Å². The maximum atomic E-state index is 13.4. The van der Waals surface area contributed by atoms with Crippen LogP contribution in [0.25, 0.3) is 0 Å². The lowest BCUT2D eigenvalue weighted by Gasteiger charge is -2.09. The van der Waals surface area contributed by atoms with Crippen LogP contribution in [0.4, 0.5) is 20.2 Å². The van der Waals surface area contributed by atoms with Crippen molar-refractivity contribution in [3.63, 3.8) is 0 Å². The van der Waals surface area contributed by atoms with Crippen molar-refractivity contribution in [2.45, 2.75) is 4.90 Å². The summed E-state index contributed by atoms with van der Waals surface area (Å²) in [6.07, 6.45) is 1.82. The number of nitrogen functional groups attached to an aromatic ring is 1. The number of hydrogen-bond donors (Lipinski definition) is 2. The molecule has 3 N–H and O–H groups in total. The number of nitrogens with zero attached hydrogens (tertiary/aromatic N) is 1. The van der Waals surface area contributed by atoms with E-state index in [2.05, 4.69) is 4.98 Å². The van der Waals surface area contributed by atoms with Gasteiger partial charge >= 0.3 is 0 Å². The van der Waals surface area contributed by atoms with Crippen molar-refractivity contribution in [3.05, 3.63) is 48.3 Å². The molecule has 1 aromatic carbocycles. The van der Waals surface area contributed by atoms with Crippen molar-refractivity contribution in [2.24, 2.45) is 0 Å². The summed E-state index contributed by atoms with van der Waals surface area (Å²) < 4.78 is 52.1. The van der Waals surface area contributed by atoms with Gasteiger partial charge in [-0.15, -0.1) is 0 Å². The Bertz CT molecular complexity index is 720. The van der Waals surface area contributed by atoms with Crippen LogP contribution >= 0.6 is 0 Å². The molecule has 0 bridgehead atoms. The van der Waals surface area contributed by atoms with Crippen LogP contribution in [0.2, 0.25) is 0 Å². The van der Waals surface area contributed by atoms with Crippen LogP contribution in [-0.4, -0.2) is 13.4 Å². The predicted molar refractivity (Wildman–Crippen MR) is 65.8 cm³/mol. The normalized spacial score (nSPS) is 11.3. The van der Waals surface area contributed by atoms with E-state index < -0.39 is 26.6 Å². The summed E-state index contributed by atoms with van der Waals surface area (Å²) in [6, 6.07) is 4.22. The third-order valence-electron chi connectivity index (χ3n) is 2.22. The van der Waals surface area contributed by atoms with Crippen molar-refractivity contribution >= 4 is 21.4 Å². The van der Waals surface area contributed by atoms with Gasteiger partial charge in [0.05, 0.1) is 11.9 Å². The highest BCUT2D eigenvalue weighted by Gasteiger charge is 2.17. The number of hydrogen-bond acceptors (Lipinski definition) is 4. The number of sulfonamides is 1. The fraction of sp³-hybridized carbons (Fsp3) is 0. The minimum atomic E-state index is -4.12. The highest BCUT2D eigenvalue weighted by molar-refractivity contribution is 7.92. The average Bonchev–Trinajstić information content (AvgIpc) is 2.33. The summed E-state index contributed by atoms with van der Waals surface area (Å²) in [5, 5.41) is 0. The van der Waals surface area contributed by atoms with E-state index in [0.29, 0.717) is 0 Å². The zero-order chi connectivity index (χ0) is 14.0. The lowest BCUT2D eigenvalue weighted by atomic mass is 10.3. The minimum Gasteiger partial charge on any atom is -0.399 e. The first-order valence-corrected chi connectivity index (χ1v) is 6.55. The Balaban J connectivity index is 2.39. The van der Waals surface area contributed by atoms with E-state index in [-0.39, 0.29) is 11.4 Å². The maximum Gasteiger partial charge on any atom is 0.263 e. The number of nitrogens with one attached hydrogen (secondary N) is 1. The molecule has 0 aliphatic carbocycles. The van der Waals surface area contributed by atoms with Crippen LogP contribution in [-0.2, 0) is 10.0 Å². The van der Waals surface area contributed by atoms with Gasteiger partial charge < -0.3 is 5.73 Å². The molecular weight excluding hydrogens is 276 g/mol. The molecular formula is C11H9F2N3O2S. The predicted octanol–water partition coefficient (Wildman–Crippen LogP) is 1.74. The summed E-state index contributed by atoms with van der Waals surface area (Å²) in [7, 11) is -4.12. The van der Waals surface area contributed by atoms with Gasteiger partial charge in [-0.05, 0) is 24.3 Å². The molecule has 0 amide bonds. The molecule has 0 saturated carbocycles. The zero-order valence-corrected chi connectivity index (χ0v) is 10.3. The second-order valence-electron chi connectivity index (χ2n) is 3.68. The fourth-order valence-corrected chi connectivity index (χ4v) is 2.40. The molecule has 0 unspecified atom stereocenters. The number of rotatable bonds is 3. The molecule has 100 valence electrons. The lowest BCUT2D eigenvalue weighted by molar-refractivity contribution is 0.590. The van der Waals surface area contributed by atoms with Gasteiger partial charge in [0.1, 0.15) is 16.5 Å². The number of aromatic nitrogens is 1. The molecule has 0 spiro atoms. The monoisotopic (exact) mass is 285 g/mol. The first kappa shape index (κ1) is 13.2. The van der Waals surface area contributed by atoms with Gasteiger partial charge in [-0.3, -0.25) is 9.71 Å². The molecule has 0 fully saturated rings. The van der Waals surface area contributed by atoms with E-state index in [0.717, 1.165) is 30.6 Å². The van der Waals surface area contributed by atoms with E-state index in [1.165, 1.54) is 6.07 Å². The van der Waals surface area contributed by atoms with Crippen LogP contribution in [0.3, 0.4) is 0 Å². The Morgan fingerprint density at radius 1 is 1.16 bits per heavy atom. The van der Waals surface area contributed by atoms with Gasteiger partial charge in [0.2, 0.25) is 0 Å². The lowest BCUT2D eigenvalue weighted by Crippen LogP contribution is -2.14. The van der Waals surface area contributed by atoms with Crippen molar-refractivity contribution in [3.8, 4) is 0 Å². The summed E-state index contributed by atoms with van der Waals surface area (Å²) in [5.41, 5.74) is 5.31. The number of halogens is 2. The van der Waals surface area contributed by atoms with Gasteiger partial charge in [-0.25, -0.2) is 17.2 Å². The molecule has 0 aliphatic rings. The van der Waals surface area contributed by atoms with Gasteiger partial charge in [0, 0.05) is 11.9 Å². The largest absolute Gasteiger partial charge is 0.399 e. The van der Waals surface area contributed by atoms with Crippen molar-refractivity contribution < 1.29 is 17.2 Å². The number of pyridine rings is 1. The molecule has 19 heavy (non-hydrogen) atoms. The van der Waals surface area contributed by atoms with Crippen LogP contribution in [0.15, 0.2) is 41.6 Å². The quantitative estimate of drug-likeness (QED) is 0.841. The fourth-order valence-electron chi connectivity index (χ4n) is 1.36. The molecule has 0 atom stereocenters. The zero-order valence-electron chi connectivity index (χ0n) is 9.47. The van der Waals surface area contributed by atoms with Gasteiger partial charge in [0.15, 0.2) is 0 Å². The Morgan fingerprint density at radius 2 is 1.89 bits per heavy atom. The molecule has 1 heterocycles. The summed E-state index contributed by atoms with van der Waals surface area (Å²) in [4.78, 5) is 3.01. The first-order chi connectivity index (χ1) is 8.88. The minimum absolute atomic E-state index is 0.191. The van der Waals surface area contributed by atoms with E-state index in [1.807, 2.05) is 4.72 Å². The van der Waals surface area contributed by atoms with Gasteiger partial charge in [0.25, 0.3) is 10.0 Å². The maximum absolute atomic E-state index is 13.4. The van der Waals surface area contributed by atoms with Crippen molar-refractivity contribution in [2.75, 3.05) is 10.5 Å². The SMILES string of the molecule is Nc1ccc(F)c(NS(=O)(=O)c2cncc(F)c2)c1. The van der Waals surface area contributed by atoms with E-state index in [1.54, 1.807) is 0 Å². The third-order valence-corrected chi connectivity index (χ3v) is 3.56. The summed E-state index contributed by atoms with van der Waals surface area (Å²) >= 11 is 0. The van der Waals surface area contributed by atoms with Crippen LogP contribution in [0.5, 0.6) is 0 Å². The average molecular weight is 285 g/mol. The van der Waals surface area contributed by atoms with Crippen LogP contribution < -0.4 is 10.5 Å². The number of nitrogens with two attached hydrogens (primary N) is 1. The van der Waals surface area contributed by atoms with Crippen molar-refractivity contribution in [1.29, 1.82) is 0 Å². The Morgan fingerprint density at radius 3 is 2.58 bits per heavy atom. The molecule has 0 aliphatic heterocycles. The molecule has 0 saturated heterocycles. The van der Waals surface area contributed by atoms with Gasteiger partial charge in [-0.1, -0.05) is 0 Å². The Hall–Kier alpha value is -2.22. The van der Waals surface area contributed by atoms with Gasteiger partial charge in [-0.2, -0.15) is 0 Å². The van der Waals surface area contributed by atoms with E-state index in [9.17, 15) is 17.2 Å². The number of benzene rings is 1. The van der Waals surface area contributed by atoms with Crippen molar-refractivity contribution in [1.82, 2.24) is 4.98 Å². The molecule has 5 nitrogen and oxygen atoms in total. The van der Waals surface area contributed by atoms with Crippen LogP contribution in [0.1, 0.15) is 0 Å². The molecule has 2 aromatic rings. The van der Waals surface area contributed by atoms with E-state index in [4.69, 9.17) is 5.73 Å². The molecule has 8 heteroatoms. The third kappa shape index (κ3) is 2.97. The summed E-state index contributed by atoms with van der Waals surface area (Å²) in [5.74, 6) is -1.60. The number of anilines is 2. The standard InChI is InChI=1S/C11H9F2N3O2S/c12-7-3-9(6-15-5-7)19(17,18)16-11-4-8(14)1-2-10(11)13/h1-6,16H,14H2. The molecule has 0 radical (unpaired) electrons. The second kappa shape index (κ2) is 4.81. The highest BCUT2D eigenvalue weighted by atomic mass is 32.2. The smallest absolute Gasteiger partial charge is 0.263 e. The first-order valence-electron chi connectivity index (χ1n) is 5.07. The topological polar surface area (TPSA) is 85.1 Å². The Labute approximate surface area is 108 Å². The summed E-state index contributed by atoms with van der Waals surface area (Å²) in [6.45, 7) is 0. The Kier molecular flexibility index (Phi) is 3.34. The molecule has 1 aromatic heterocycles. The van der Waals surface area contributed by atoms with E-state index >= 15 is 0 Å². The second-order valence-corrected chi connectivity index (χ2v) is 5.37. The highest BCUT2D eigenvalue weighted by Crippen LogP contribution is 2.21. The molecule has 2 rings (SSSR count).